The monoisotopic (exact) mass is 424 g/mol. The molecule has 8 heteroatoms. The minimum absolute atomic E-state index is 0. The number of nitrogens with zero attached hydrogens (tertiary/aromatic N) is 1. The van der Waals surface area contributed by atoms with Gasteiger partial charge in [-0.05, 0) is 43.9 Å². The van der Waals surface area contributed by atoms with E-state index in [0.717, 1.165) is 30.2 Å². The molecule has 23 heavy (non-hydrogen) atoms. The first kappa shape index (κ1) is 19.0. The second-order valence-electron chi connectivity index (χ2n) is 6.08. The van der Waals surface area contributed by atoms with Crippen LogP contribution in [0.3, 0.4) is 0 Å². The molecule has 1 N–H and O–H groups in total. The van der Waals surface area contributed by atoms with Crippen molar-refractivity contribution in [3.8, 4) is 5.75 Å². The summed E-state index contributed by atoms with van der Waals surface area (Å²) in [7, 11) is -0.394. The first-order valence-corrected chi connectivity index (χ1v) is 9.72. The van der Waals surface area contributed by atoms with E-state index in [1.165, 1.54) is 11.4 Å². The minimum Gasteiger partial charge on any atom is -0.495 e. The van der Waals surface area contributed by atoms with E-state index in [0.29, 0.717) is 17.8 Å². The van der Waals surface area contributed by atoms with Gasteiger partial charge in [0.05, 0.1) is 7.11 Å². The molecule has 2 saturated heterocycles. The van der Waals surface area contributed by atoms with Gasteiger partial charge in [-0.25, -0.2) is 8.42 Å². The molecule has 2 atom stereocenters. The summed E-state index contributed by atoms with van der Waals surface area (Å²) in [4.78, 5) is 0.220. The Hall–Kier alpha value is -0.340. The number of ether oxygens (including phenoxy) is 1. The van der Waals surface area contributed by atoms with Crippen molar-refractivity contribution in [3.63, 3.8) is 0 Å². The van der Waals surface area contributed by atoms with Crippen LogP contribution >= 0.6 is 28.3 Å². The van der Waals surface area contributed by atoms with Gasteiger partial charge >= 0.3 is 0 Å². The lowest BCUT2D eigenvalue weighted by Gasteiger charge is -2.35. The zero-order chi connectivity index (χ0) is 15.9. The van der Waals surface area contributed by atoms with Crippen LogP contribution < -0.4 is 10.1 Å². The number of fused-ring (bicyclic) bond motifs is 2. The maximum absolute atomic E-state index is 13.0. The summed E-state index contributed by atoms with van der Waals surface area (Å²) in [5, 5.41) is 3.54. The summed E-state index contributed by atoms with van der Waals surface area (Å²) in [5.41, 5.74) is 0. The predicted octanol–water partition coefficient (Wildman–Crippen LogP) is 2.78. The van der Waals surface area contributed by atoms with Crippen LogP contribution in [0.2, 0.25) is 0 Å². The highest BCUT2D eigenvalue weighted by molar-refractivity contribution is 9.10. The normalized spacial score (nSPS) is 26.9. The molecule has 2 bridgehead atoms. The van der Waals surface area contributed by atoms with Crippen LogP contribution in [0.15, 0.2) is 27.6 Å². The quantitative estimate of drug-likeness (QED) is 0.806. The van der Waals surface area contributed by atoms with Crippen LogP contribution in [0.1, 0.15) is 25.7 Å². The van der Waals surface area contributed by atoms with Crippen LogP contribution in [0.4, 0.5) is 0 Å². The lowest BCUT2D eigenvalue weighted by molar-refractivity contribution is 0.251. The van der Waals surface area contributed by atoms with Crippen molar-refractivity contribution in [2.75, 3.05) is 14.2 Å². The first-order chi connectivity index (χ1) is 10.4. The average molecular weight is 426 g/mol. The summed E-state index contributed by atoms with van der Waals surface area (Å²) >= 11 is 3.34. The molecule has 0 saturated carbocycles. The molecule has 1 aromatic carbocycles. The number of sulfonamides is 1. The molecule has 0 spiro atoms. The van der Waals surface area contributed by atoms with E-state index in [9.17, 15) is 8.42 Å². The molecular weight excluding hydrogens is 404 g/mol. The molecule has 130 valence electrons. The van der Waals surface area contributed by atoms with Crippen LogP contribution in [0, 0.1) is 0 Å². The Balaban J connectivity index is 0.00000192. The van der Waals surface area contributed by atoms with Gasteiger partial charge < -0.3 is 10.1 Å². The van der Waals surface area contributed by atoms with Gasteiger partial charge in [-0.1, -0.05) is 15.9 Å². The number of halogens is 2. The van der Waals surface area contributed by atoms with Gasteiger partial charge in [0.25, 0.3) is 0 Å². The Bertz CT molecular complexity index is 659. The second-order valence-corrected chi connectivity index (χ2v) is 8.96. The smallest absolute Gasteiger partial charge is 0.246 e. The van der Waals surface area contributed by atoms with Crippen molar-refractivity contribution in [1.29, 1.82) is 0 Å². The van der Waals surface area contributed by atoms with Gasteiger partial charge in [-0.2, -0.15) is 4.31 Å². The van der Waals surface area contributed by atoms with Crippen molar-refractivity contribution in [3.05, 3.63) is 22.7 Å². The van der Waals surface area contributed by atoms with E-state index in [-0.39, 0.29) is 23.3 Å². The van der Waals surface area contributed by atoms with Crippen LogP contribution in [0.25, 0.3) is 0 Å². The SMILES string of the molecule is COc1ccc(Br)cc1S(=O)(=O)N(C)C1CC2CCC(C1)N2.Cl. The van der Waals surface area contributed by atoms with Crippen molar-refractivity contribution in [1.82, 2.24) is 9.62 Å². The van der Waals surface area contributed by atoms with E-state index >= 15 is 0 Å². The highest BCUT2D eigenvalue weighted by Crippen LogP contribution is 2.34. The maximum atomic E-state index is 13.0. The van der Waals surface area contributed by atoms with Crippen molar-refractivity contribution in [2.45, 2.75) is 48.7 Å². The minimum atomic E-state index is -3.57. The van der Waals surface area contributed by atoms with Crippen LogP contribution in [-0.4, -0.2) is 45.0 Å². The molecule has 2 aliphatic heterocycles. The molecule has 5 nitrogen and oxygen atoms in total. The number of benzene rings is 1. The van der Waals surface area contributed by atoms with E-state index < -0.39 is 10.0 Å². The molecular formula is C15H22BrClN2O3S. The molecule has 2 fully saturated rings. The Labute approximate surface area is 152 Å². The number of rotatable bonds is 4. The highest BCUT2D eigenvalue weighted by Gasteiger charge is 2.39. The third kappa shape index (κ3) is 3.69. The number of piperidine rings is 1. The van der Waals surface area contributed by atoms with E-state index in [1.54, 1.807) is 25.2 Å². The maximum Gasteiger partial charge on any atom is 0.246 e. The van der Waals surface area contributed by atoms with Crippen LogP contribution in [0.5, 0.6) is 5.75 Å². The second kappa shape index (κ2) is 7.27. The van der Waals surface area contributed by atoms with Gasteiger partial charge in [0, 0.05) is 29.6 Å². The van der Waals surface area contributed by atoms with Gasteiger partial charge in [0.1, 0.15) is 10.6 Å². The van der Waals surface area contributed by atoms with Crippen molar-refractivity contribution < 1.29 is 13.2 Å². The molecule has 0 radical (unpaired) electrons. The zero-order valence-electron chi connectivity index (χ0n) is 13.2. The summed E-state index contributed by atoms with van der Waals surface area (Å²) in [5.74, 6) is 0.381. The number of nitrogens with one attached hydrogen (secondary N) is 1. The molecule has 2 heterocycles. The van der Waals surface area contributed by atoms with Gasteiger partial charge in [0.2, 0.25) is 10.0 Å². The Morgan fingerprint density at radius 1 is 1.26 bits per heavy atom. The fourth-order valence-corrected chi connectivity index (χ4v) is 5.60. The largest absolute Gasteiger partial charge is 0.495 e. The topological polar surface area (TPSA) is 58.6 Å². The fourth-order valence-electron chi connectivity index (χ4n) is 3.53. The summed E-state index contributed by atoms with van der Waals surface area (Å²) < 4.78 is 33.5. The third-order valence-corrected chi connectivity index (χ3v) is 7.17. The highest BCUT2D eigenvalue weighted by atomic mass is 79.9. The first-order valence-electron chi connectivity index (χ1n) is 7.49. The number of hydrogen-bond acceptors (Lipinski definition) is 4. The molecule has 1 aromatic rings. The number of hydrogen-bond donors (Lipinski definition) is 1. The fraction of sp³-hybridized carbons (Fsp3) is 0.600. The lowest BCUT2D eigenvalue weighted by atomic mass is 10.0. The molecule has 0 aromatic heterocycles. The van der Waals surface area contributed by atoms with E-state index in [2.05, 4.69) is 21.2 Å². The molecule has 2 aliphatic rings. The van der Waals surface area contributed by atoms with Crippen molar-refractivity contribution in [2.24, 2.45) is 0 Å². The van der Waals surface area contributed by atoms with E-state index in [1.807, 2.05) is 0 Å². The molecule has 2 unspecified atom stereocenters. The number of methoxy groups -OCH3 is 1. The Morgan fingerprint density at radius 3 is 2.43 bits per heavy atom. The molecule has 0 aliphatic carbocycles. The van der Waals surface area contributed by atoms with Crippen LogP contribution in [-0.2, 0) is 10.0 Å². The summed E-state index contributed by atoms with van der Waals surface area (Å²) in [6, 6.07) is 6.02. The standard InChI is InChI=1S/C15H21BrN2O3S.ClH/c1-18(13-8-11-4-5-12(9-13)17-11)22(19,20)15-7-10(16)3-6-14(15)21-2;/h3,6-7,11-13,17H,4-5,8-9H2,1-2H3;1H. The zero-order valence-corrected chi connectivity index (χ0v) is 16.4. The third-order valence-electron chi connectivity index (χ3n) is 4.75. The predicted molar refractivity (Wildman–Crippen MR) is 95.9 cm³/mol. The van der Waals surface area contributed by atoms with Gasteiger partial charge in [-0.15, -0.1) is 12.4 Å². The molecule has 3 rings (SSSR count). The summed E-state index contributed by atoms with van der Waals surface area (Å²) in [6.45, 7) is 0. The summed E-state index contributed by atoms with van der Waals surface area (Å²) in [6.07, 6.45) is 4.05. The van der Waals surface area contributed by atoms with Gasteiger partial charge in [-0.3, -0.25) is 0 Å². The average Bonchev–Trinajstić information content (AvgIpc) is 2.84. The van der Waals surface area contributed by atoms with Gasteiger partial charge in [0.15, 0.2) is 0 Å². The molecule has 0 amide bonds. The lowest BCUT2D eigenvalue weighted by Crippen LogP contribution is -2.48. The Morgan fingerprint density at radius 2 is 1.87 bits per heavy atom. The van der Waals surface area contributed by atoms with E-state index in [4.69, 9.17) is 4.74 Å². The Kier molecular flexibility index (Phi) is 6.00. The van der Waals surface area contributed by atoms with Crippen molar-refractivity contribution >= 4 is 38.4 Å².